The first-order valence-corrected chi connectivity index (χ1v) is 9.32. The standard InChI is InChI=1S/C13H17Br2NO2S/c1-9(2)16(8-10-3-4-10)19(17,18)13-7-11(14)5-6-12(13)15/h5-7,9-10H,3-4,8H2,1-2H3. The molecule has 106 valence electrons. The van der Waals surface area contributed by atoms with E-state index in [0.717, 1.165) is 17.3 Å². The molecule has 0 amide bonds. The van der Waals surface area contributed by atoms with Crippen LogP contribution in [0.25, 0.3) is 0 Å². The Labute approximate surface area is 131 Å². The predicted octanol–water partition coefficient (Wildman–Crippen LogP) is 4.02. The summed E-state index contributed by atoms with van der Waals surface area (Å²) in [5.41, 5.74) is 0. The van der Waals surface area contributed by atoms with Crippen LogP contribution in [-0.2, 0) is 10.0 Å². The molecule has 1 aromatic rings. The van der Waals surface area contributed by atoms with E-state index in [2.05, 4.69) is 31.9 Å². The Balaban J connectivity index is 2.40. The monoisotopic (exact) mass is 409 g/mol. The van der Waals surface area contributed by atoms with E-state index in [0.29, 0.717) is 21.8 Å². The summed E-state index contributed by atoms with van der Waals surface area (Å²) in [5, 5.41) is 0. The van der Waals surface area contributed by atoms with Crippen molar-refractivity contribution in [2.24, 2.45) is 5.92 Å². The van der Waals surface area contributed by atoms with E-state index >= 15 is 0 Å². The van der Waals surface area contributed by atoms with Crippen LogP contribution in [0.15, 0.2) is 32.0 Å². The Kier molecular flexibility index (Phi) is 4.75. The molecule has 0 saturated heterocycles. The van der Waals surface area contributed by atoms with Crippen LogP contribution < -0.4 is 0 Å². The van der Waals surface area contributed by atoms with Crippen molar-refractivity contribution >= 4 is 41.9 Å². The van der Waals surface area contributed by atoms with Crippen LogP contribution in [0.2, 0.25) is 0 Å². The molecule has 1 aliphatic rings. The number of halogens is 2. The van der Waals surface area contributed by atoms with Crippen molar-refractivity contribution in [1.82, 2.24) is 4.31 Å². The summed E-state index contributed by atoms with van der Waals surface area (Å²) < 4.78 is 28.6. The number of sulfonamides is 1. The second-order valence-corrected chi connectivity index (χ2v) is 8.82. The fourth-order valence-corrected chi connectivity index (χ4v) is 5.12. The Hall–Kier alpha value is 0.0900. The molecule has 0 aromatic heterocycles. The molecule has 0 radical (unpaired) electrons. The van der Waals surface area contributed by atoms with Crippen LogP contribution in [0.3, 0.4) is 0 Å². The third-order valence-corrected chi connectivity index (χ3v) is 6.72. The zero-order valence-electron chi connectivity index (χ0n) is 10.9. The van der Waals surface area contributed by atoms with Crippen molar-refractivity contribution in [1.29, 1.82) is 0 Å². The van der Waals surface area contributed by atoms with Gasteiger partial charge in [0.25, 0.3) is 0 Å². The highest BCUT2D eigenvalue weighted by molar-refractivity contribution is 9.11. The fourth-order valence-electron chi connectivity index (χ4n) is 1.94. The topological polar surface area (TPSA) is 37.4 Å². The Morgan fingerprint density at radius 2 is 1.95 bits per heavy atom. The van der Waals surface area contributed by atoms with Crippen molar-refractivity contribution in [2.45, 2.75) is 37.6 Å². The average molecular weight is 411 g/mol. The maximum atomic E-state index is 12.8. The van der Waals surface area contributed by atoms with Gasteiger partial charge in [-0.2, -0.15) is 4.31 Å². The van der Waals surface area contributed by atoms with Crippen molar-refractivity contribution in [3.8, 4) is 0 Å². The van der Waals surface area contributed by atoms with Gasteiger partial charge in [0.05, 0.1) is 4.90 Å². The first kappa shape index (κ1) is 15.5. The van der Waals surface area contributed by atoms with Gasteiger partial charge >= 0.3 is 0 Å². The van der Waals surface area contributed by atoms with E-state index < -0.39 is 10.0 Å². The summed E-state index contributed by atoms with van der Waals surface area (Å²) in [4.78, 5) is 0.330. The molecule has 3 nitrogen and oxygen atoms in total. The van der Waals surface area contributed by atoms with Crippen LogP contribution in [-0.4, -0.2) is 25.3 Å². The lowest BCUT2D eigenvalue weighted by atomic mass is 10.3. The molecule has 1 saturated carbocycles. The van der Waals surface area contributed by atoms with Crippen LogP contribution in [0, 0.1) is 5.92 Å². The lowest BCUT2D eigenvalue weighted by molar-refractivity contribution is 0.341. The quantitative estimate of drug-likeness (QED) is 0.734. The van der Waals surface area contributed by atoms with Gasteiger partial charge in [-0.1, -0.05) is 15.9 Å². The first-order chi connectivity index (χ1) is 8.82. The maximum Gasteiger partial charge on any atom is 0.244 e. The lowest BCUT2D eigenvalue weighted by Crippen LogP contribution is -2.38. The van der Waals surface area contributed by atoms with Crippen LogP contribution in [0.5, 0.6) is 0 Å². The lowest BCUT2D eigenvalue weighted by Gasteiger charge is -2.26. The molecular weight excluding hydrogens is 394 g/mol. The molecule has 0 unspecified atom stereocenters. The molecule has 1 fully saturated rings. The summed E-state index contributed by atoms with van der Waals surface area (Å²) >= 11 is 6.67. The van der Waals surface area contributed by atoms with Crippen LogP contribution in [0.4, 0.5) is 0 Å². The minimum Gasteiger partial charge on any atom is -0.207 e. The summed E-state index contributed by atoms with van der Waals surface area (Å²) in [6.45, 7) is 4.47. The average Bonchev–Trinajstić information content (AvgIpc) is 3.12. The smallest absolute Gasteiger partial charge is 0.207 e. The summed E-state index contributed by atoms with van der Waals surface area (Å²) in [6.07, 6.45) is 2.27. The zero-order valence-corrected chi connectivity index (χ0v) is 14.9. The van der Waals surface area contributed by atoms with Crippen molar-refractivity contribution < 1.29 is 8.42 Å². The molecule has 6 heteroatoms. The fraction of sp³-hybridized carbons (Fsp3) is 0.538. The normalized spacial score (nSPS) is 16.3. The van der Waals surface area contributed by atoms with E-state index in [1.54, 1.807) is 16.4 Å². The molecule has 0 bridgehead atoms. The number of rotatable bonds is 5. The number of hydrogen-bond acceptors (Lipinski definition) is 2. The van der Waals surface area contributed by atoms with Gasteiger partial charge in [0, 0.05) is 21.5 Å². The van der Waals surface area contributed by atoms with Crippen molar-refractivity contribution in [3.05, 3.63) is 27.1 Å². The molecule has 0 heterocycles. The van der Waals surface area contributed by atoms with Gasteiger partial charge in [-0.3, -0.25) is 0 Å². The predicted molar refractivity (Wildman–Crippen MR) is 83.6 cm³/mol. The van der Waals surface area contributed by atoms with Crippen molar-refractivity contribution in [3.63, 3.8) is 0 Å². The van der Waals surface area contributed by atoms with Crippen molar-refractivity contribution in [2.75, 3.05) is 6.54 Å². The molecule has 19 heavy (non-hydrogen) atoms. The minimum atomic E-state index is -3.45. The minimum absolute atomic E-state index is 0.0310. The molecular formula is C13H17Br2NO2S. The molecule has 0 atom stereocenters. The second kappa shape index (κ2) is 5.84. The molecule has 1 aliphatic carbocycles. The summed E-state index contributed by atoms with van der Waals surface area (Å²) in [6, 6.07) is 5.20. The first-order valence-electron chi connectivity index (χ1n) is 6.29. The number of benzene rings is 1. The molecule has 0 spiro atoms. The Bertz CT molecular complexity index is 568. The SMILES string of the molecule is CC(C)N(CC1CC1)S(=O)(=O)c1cc(Br)ccc1Br. The third-order valence-electron chi connectivity index (χ3n) is 3.19. The van der Waals surface area contributed by atoms with Crippen LogP contribution >= 0.6 is 31.9 Å². The largest absolute Gasteiger partial charge is 0.244 e. The Morgan fingerprint density at radius 1 is 1.32 bits per heavy atom. The van der Waals surface area contributed by atoms with Gasteiger partial charge in [-0.25, -0.2) is 8.42 Å². The van der Waals surface area contributed by atoms with E-state index in [4.69, 9.17) is 0 Å². The summed E-state index contributed by atoms with van der Waals surface area (Å²) in [5.74, 6) is 0.531. The van der Waals surface area contributed by atoms with Gasteiger partial charge in [0.2, 0.25) is 10.0 Å². The highest BCUT2D eigenvalue weighted by atomic mass is 79.9. The molecule has 1 aromatic carbocycles. The van der Waals surface area contributed by atoms with E-state index in [1.807, 2.05) is 19.9 Å². The zero-order chi connectivity index (χ0) is 14.2. The van der Waals surface area contributed by atoms with E-state index in [9.17, 15) is 8.42 Å². The van der Waals surface area contributed by atoms with Crippen LogP contribution in [0.1, 0.15) is 26.7 Å². The second-order valence-electron chi connectivity index (χ2n) is 5.19. The maximum absolute atomic E-state index is 12.8. The third kappa shape index (κ3) is 3.60. The van der Waals surface area contributed by atoms with Gasteiger partial charge in [-0.15, -0.1) is 0 Å². The van der Waals surface area contributed by atoms with E-state index in [1.165, 1.54) is 0 Å². The number of hydrogen-bond donors (Lipinski definition) is 0. The van der Waals surface area contributed by atoms with Gasteiger partial charge < -0.3 is 0 Å². The Morgan fingerprint density at radius 3 is 2.47 bits per heavy atom. The molecule has 2 rings (SSSR count). The number of nitrogens with zero attached hydrogens (tertiary/aromatic N) is 1. The summed E-state index contributed by atoms with van der Waals surface area (Å²) in [7, 11) is -3.45. The molecule has 0 N–H and O–H groups in total. The van der Waals surface area contributed by atoms with Gasteiger partial charge in [0.15, 0.2) is 0 Å². The van der Waals surface area contributed by atoms with E-state index in [-0.39, 0.29) is 6.04 Å². The molecule has 0 aliphatic heterocycles. The highest BCUT2D eigenvalue weighted by Gasteiger charge is 2.34. The van der Waals surface area contributed by atoms with Gasteiger partial charge in [0.1, 0.15) is 0 Å². The van der Waals surface area contributed by atoms with Gasteiger partial charge in [-0.05, 0) is 66.7 Å². The highest BCUT2D eigenvalue weighted by Crippen LogP contribution is 2.34.